The van der Waals surface area contributed by atoms with Crippen molar-refractivity contribution in [1.82, 2.24) is 4.98 Å². The Hall–Kier alpha value is -1.16. The lowest BCUT2D eigenvalue weighted by atomic mass is 9.86. The van der Waals surface area contributed by atoms with E-state index in [1.54, 1.807) is 13.1 Å². The maximum absolute atomic E-state index is 13.8. The molecule has 96 valence electrons. The van der Waals surface area contributed by atoms with Crippen LogP contribution in [0.5, 0.6) is 0 Å². The molecule has 0 unspecified atom stereocenters. The van der Waals surface area contributed by atoms with Crippen molar-refractivity contribution >= 4 is 32.7 Å². The number of nitrogens with one attached hydrogen (secondary N) is 1. The van der Waals surface area contributed by atoms with Crippen LogP contribution in [0.1, 0.15) is 26.3 Å². The summed E-state index contributed by atoms with van der Waals surface area (Å²) in [6.45, 7) is 6.34. The number of aromatic nitrogens is 1. The SMILES string of the molecule is CNc1nc2c(F)ccc(Br)c2cc1C(C)(C)C. The molecule has 1 aromatic carbocycles. The number of anilines is 1. The molecule has 0 aliphatic heterocycles. The van der Waals surface area contributed by atoms with Gasteiger partial charge in [0.05, 0.1) is 0 Å². The first-order valence-electron chi connectivity index (χ1n) is 5.81. The van der Waals surface area contributed by atoms with E-state index in [2.05, 4.69) is 47.0 Å². The smallest absolute Gasteiger partial charge is 0.149 e. The Kier molecular flexibility index (Phi) is 3.32. The van der Waals surface area contributed by atoms with Crippen LogP contribution in [0.2, 0.25) is 0 Å². The average Bonchev–Trinajstić information content (AvgIpc) is 2.31. The van der Waals surface area contributed by atoms with E-state index in [0.29, 0.717) is 5.52 Å². The highest BCUT2D eigenvalue weighted by Crippen LogP contribution is 2.34. The number of halogens is 2. The third-order valence-electron chi connectivity index (χ3n) is 2.93. The Morgan fingerprint density at radius 2 is 1.94 bits per heavy atom. The van der Waals surface area contributed by atoms with Gasteiger partial charge in [-0.15, -0.1) is 0 Å². The molecule has 4 heteroatoms. The van der Waals surface area contributed by atoms with Gasteiger partial charge in [0.2, 0.25) is 0 Å². The molecule has 0 atom stereocenters. The second-order valence-corrected chi connectivity index (χ2v) is 6.16. The number of pyridine rings is 1. The second kappa shape index (κ2) is 4.50. The van der Waals surface area contributed by atoms with Crippen LogP contribution in [0.25, 0.3) is 10.9 Å². The van der Waals surface area contributed by atoms with E-state index in [-0.39, 0.29) is 11.2 Å². The molecule has 0 saturated heterocycles. The zero-order valence-corrected chi connectivity index (χ0v) is 12.5. The van der Waals surface area contributed by atoms with E-state index in [1.165, 1.54) is 6.07 Å². The zero-order valence-electron chi connectivity index (χ0n) is 10.9. The van der Waals surface area contributed by atoms with Crippen LogP contribution >= 0.6 is 15.9 Å². The van der Waals surface area contributed by atoms with Crippen molar-refractivity contribution in [2.45, 2.75) is 26.2 Å². The van der Waals surface area contributed by atoms with Crippen LogP contribution in [0.15, 0.2) is 22.7 Å². The van der Waals surface area contributed by atoms with E-state index in [0.717, 1.165) is 21.2 Å². The predicted molar refractivity (Wildman–Crippen MR) is 77.6 cm³/mol. The molecule has 1 N–H and O–H groups in total. The lowest BCUT2D eigenvalue weighted by molar-refractivity contribution is 0.590. The Morgan fingerprint density at radius 3 is 2.50 bits per heavy atom. The highest BCUT2D eigenvalue weighted by atomic mass is 79.9. The fourth-order valence-corrected chi connectivity index (χ4v) is 2.39. The van der Waals surface area contributed by atoms with Crippen LogP contribution in [0.3, 0.4) is 0 Å². The van der Waals surface area contributed by atoms with E-state index in [4.69, 9.17) is 0 Å². The topological polar surface area (TPSA) is 24.9 Å². The Labute approximate surface area is 115 Å². The number of rotatable bonds is 1. The summed E-state index contributed by atoms with van der Waals surface area (Å²) in [5.74, 6) is 0.428. The van der Waals surface area contributed by atoms with E-state index in [9.17, 15) is 4.39 Å². The molecule has 0 bridgehead atoms. The summed E-state index contributed by atoms with van der Waals surface area (Å²) in [4.78, 5) is 4.40. The first-order chi connectivity index (χ1) is 8.34. The fraction of sp³-hybridized carbons (Fsp3) is 0.357. The molecule has 2 rings (SSSR count). The zero-order chi connectivity index (χ0) is 13.5. The Balaban J connectivity index is 2.86. The van der Waals surface area contributed by atoms with Crippen molar-refractivity contribution in [2.24, 2.45) is 0 Å². The van der Waals surface area contributed by atoms with Gasteiger partial charge in [-0.3, -0.25) is 0 Å². The van der Waals surface area contributed by atoms with Crippen LogP contribution in [-0.4, -0.2) is 12.0 Å². The molecule has 1 heterocycles. The van der Waals surface area contributed by atoms with Crippen LogP contribution in [0, 0.1) is 5.82 Å². The van der Waals surface area contributed by atoms with Crippen molar-refractivity contribution in [1.29, 1.82) is 0 Å². The third kappa shape index (κ3) is 2.21. The molecular weight excluding hydrogens is 295 g/mol. The van der Waals surface area contributed by atoms with Gasteiger partial charge in [0.25, 0.3) is 0 Å². The van der Waals surface area contributed by atoms with E-state index in [1.807, 2.05) is 6.07 Å². The molecule has 0 aliphatic carbocycles. The monoisotopic (exact) mass is 310 g/mol. The number of hydrogen-bond donors (Lipinski definition) is 1. The van der Waals surface area contributed by atoms with Crippen LogP contribution in [-0.2, 0) is 5.41 Å². The van der Waals surface area contributed by atoms with Gasteiger partial charge in [0.1, 0.15) is 17.2 Å². The normalized spacial score (nSPS) is 11.9. The van der Waals surface area contributed by atoms with E-state index >= 15 is 0 Å². The molecule has 0 amide bonds. The van der Waals surface area contributed by atoms with E-state index < -0.39 is 0 Å². The molecule has 2 nitrogen and oxygen atoms in total. The second-order valence-electron chi connectivity index (χ2n) is 5.31. The molecule has 18 heavy (non-hydrogen) atoms. The summed E-state index contributed by atoms with van der Waals surface area (Å²) in [6.07, 6.45) is 0. The highest BCUT2D eigenvalue weighted by Gasteiger charge is 2.21. The minimum absolute atomic E-state index is 0.0503. The van der Waals surface area contributed by atoms with Gasteiger partial charge >= 0.3 is 0 Å². The lowest BCUT2D eigenvalue weighted by Crippen LogP contribution is -2.15. The van der Waals surface area contributed by atoms with Gasteiger partial charge in [-0.25, -0.2) is 9.37 Å². The highest BCUT2D eigenvalue weighted by molar-refractivity contribution is 9.10. The summed E-state index contributed by atoms with van der Waals surface area (Å²) in [7, 11) is 1.80. The molecule has 0 fully saturated rings. The molecule has 0 saturated carbocycles. The quantitative estimate of drug-likeness (QED) is 0.840. The van der Waals surface area contributed by atoms with Gasteiger partial charge in [-0.05, 0) is 23.6 Å². The maximum Gasteiger partial charge on any atom is 0.149 e. The number of fused-ring (bicyclic) bond motifs is 1. The van der Waals surface area contributed by atoms with Crippen molar-refractivity contribution in [2.75, 3.05) is 12.4 Å². The first-order valence-corrected chi connectivity index (χ1v) is 6.61. The van der Waals surface area contributed by atoms with Gasteiger partial charge in [-0.2, -0.15) is 0 Å². The van der Waals surface area contributed by atoms with Gasteiger partial charge in [0, 0.05) is 22.5 Å². The van der Waals surface area contributed by atoms with Crippen molar-refractivity contribution in [3.63, 3.8) is 0 Å². The summed E-state index contributed by atoms with van der Waals surface area (Å²) >= 11 is 3.45. The van der Waals surface area contributed by atoms with Gasteiger partial charge < -0.3 is 5.32 Å². The number of benzene rings is 1. The number of hydrogen-bond acceptors (Lipinski definition) is 2. The number of nitrogens with zero attached hydrogens (tertiary/aromatic N) is 1. The summed E-state index contributed by atoms with van der Waals surface area (Å²) in [5, 5.41) is 3.85. The molecule has 0 radical (unpaired) electrons. The minimum atomic E-state index is -0.301. The van der Waals surface area contributed by atoms with Crippen LogP contribution < -0.4 is 5.32 Å². The average molecular weight is 311 g/mol. The third-order valence-corrected chi connectivity index (χ3v) is 3.62. The molecule has 1 aromatic heterocycles. The summed E-state index contributed by atoms with van der Waals surface area (Å²) in [5.41, 5.74) is 1.41. The largest absolute Gasteiger partial charge is 0.373 e. The lowest BCUT2D eigenvalue weighted by Gasteiger charge is -2.22. The van der Waals surface area contributed by atoms with Crippen molar-refractivity contribution in [3.8, 4) is 0 Å². The van der Waals surface area contributed by atoms with Crippen molar-refractivity contribution < 1.29 is 4.39 Å². The summed E-state index contributed by atoms with van der Waals surface area (Å²) < 4.78 is 14.7. The van der Waals surface area contributed by atoms with Crippen LogP contribution in [0.4, 0.5) is 10.2 Å². The maximum atomic E-state index is 13.8. The summed E-state index contributed by atoms with van der Waals surface area (Å²) in [6, 6.07) is 5.14. The Bertz CT molecular complexity index is 603. The molecule has 0 aliphatic rings. The molecule has 2 aromatic rings. The molecular formula is C14H16BrFN2. The molecule has 0 spiro atoms. The van der Waals surface area contributed by atoms with Gasteiger partial charge in [-0.1, -0.05) is 36.7 Å². The van der Waals surface area contributed by atoms with Gasteiger partial charge in [0.15, 0.2) is 0 Å². The van der Waals surface area contributed by atoms with Crippen molar-refractivity contribution in [3.05, 3.63) is 34.1 Å². The predicted octanol–water partition coefficient (Wildman–Crippen LogP) is 4.48. The minimum Gasteiger partial charge on any atom is -0.373 e. The Morgan fingerprint density at radius 1 is 1.28 bits per heavy atom. The first kappa shape index (κ1) is 13.3. The standard InChI is InChI=1S/C14H16BrFN2/c1-14(2,3)9-7-8-10(15)5-6-11(16)12(8)18-13(9)17-4/h5-7H,1-4H3,(H,17,18). The fourth-order valence-electron chi connectivity index (χ4n) is 1.95.